The summed E-state index contributed by atoms with van der Waals surface area (Å²) < 4.78 is 13.8. The third-order valence-corrected chi connectivity index (χ3v) is 4.63. The molecule has 1 aromatic rings. The molecule has 0 saturated carbocycles. The van der Waals surface area contributed by atoms with Crippen LogP contribution in [0.2, 0.25) is 0 Å². The van der Waals surface area contributed by atoms with E-state index < -0.39 is 5.60 Å². The van der Waals surface area contributed by atoms with Gasteiger partial charge >= 0.3 is 0 Å². The maximum absolute atomic E-state index is 13.8. The number of hydrogen-bond donors (Lipinski definition) is 2. The van der Waals surface area contributed by atoms with Crippen molar-refractivity contribution in [2.75, 3.05) is 18.0 Å². The summed E-state index contributed by atoms with van der Waals surface area (Å²) in [5.74, 6) is -0.126. The van der Waals surface area contributed by atoms with Gasteiger partial charge in [0.15, 0.2) is 0 Å². The molecule has 0 aromatic heterocycles. The Bertz CT molecular complexity index is 479. The molecule has 1 heterocycles. The van der Waals surface area contributed by atoms with Gasteiger partial charge < -0.3 is 15.3 Å². The summed E-state index contributed by atoms with van der Waals surface area (Å²) in [4.78, 5) is 2.15. The Balaban J connectivity index is 1.71. The van der Waals surface area contributed by atoms with Crippen molar-refractivity contribution in [2.24, 2.45) is 0 Å². The first kappa shape index (κ1) is 18.2. The summed E-state index contributed by atoms with van der Waals surface area (Å²) in [6.07, 6.45) is 5.04. The van der Waals surface area contributed by atoms with E-state index in [-0.39, 0.29) is 5.82 Å². The van der Waals surface area contributed by atoms with Crippen molar-refractivity contribution in [1.29, 1.82) is 0 Å². The predicted molar refractivity (Wildman–Crippen MR) is 94.4 cm³/mol. The summed E-state index contributed by atoms with van der Waals surface area (Å²) in [5, 5.41) is 13.4. The first-order chi connectivity index (χ1) is 10.8. The highest BCUT2D eigenvalue weighted by Crippen LogP contribution is 2.23. The molecule has 1 unspecified atom stereocenters. The summed E-state index contributed by atoms with van der Waals surface area (Å²) in [5.41, 5.74) is 0.161. The average molecular weight is 322 g/mol. The van der Waals surface area contributed by atoms with Gasteiger partial charge in [0.25, 0.3) is 0 Å². The fraction of sp³-hybridized carbons (Fsp3) is 0.684. The van der Waals surface area contributed by atoms with E-state index in [9.17, 15) is 9.50 Å². The number of nitrogens with one attached hydrogen (secondary N) is 1. The second-order valence-electron chi connectivity index (χ2n) is 7.49. The van der Waals surface area contributed by atoms with Crippen LogP contribution < -0.4 is 10.2 Å². The van der Waals surface area contributed by atoms with Crippen LogP contribution >= 0.6 is 0 Å². The molecule has 0 bridgehead atoms. The van der Waals surface area contributed by atoms with Gasteiger partial charge in [-0.15, -0.1) is 0 Å². The van der Waals surface area contributed by atoms with Crippen molar-refractivity contribution in [3.63, 3.8) is 0 Å². The highest BCUT2D eigenvalue weighted by Gasteiger charge is 2.22. The fourth-order valence-electron chi connectivity index (χ4n) is 3.32. The number of halogens is 1. The molecule has 0 amide bonds. The maximum atomic E-state index is 13.8. The van der Waals surface area contributed by atoms with Crippen LogP contribution in [-0.4, -0.2) is 35.9 Å². The van der Waals surface area contributed by atoms with E-state index in [4.69, 9.17) is 0 Å². The van der Waals surface area contributed by atoms with E-state index in [1.54, 1.807) is 6.07 Å². The lowest BCUT2D eigenvalue weighted by Crippen LogP contribution is -2.45. The summed E-state index contributed by atoms with van der Waals surface area (Å²) in [6, 6.07) is 8.00. The van der Waals surface area contributed by atoms with Crippen LogP contribution in [0.15, 0.2) is 24.3 Å². The topological polar surface area (TPSA) is 35.5 Å². The smallest absolute Gasteiger partial charge is 0.146 e. The van der Waals surface area contributed by atoms with Gasteiger partial charge in [-0.1, -0.05) is 12.1 Å². The number of aliphatic hydroxyl groups is 1. The lowest BCUT2D eigenvalue weighted by atomic mass is 9.98. The molecule has 130 valence electrons. The van der Waals surface area contributed by atoms with Crippen molar-refractivity contribution < 1.29 is 9.50 Å². The number of nitrogens with zero attached hydrogens (tertiary/aromatic N) is 1. The van der Waals surface area contributed by atoms with Crippen LogP contribution in [0.25, 0.3) is 0 Å². The molecule has 2 rings (SSSR count). The molecule has 0 radical (unpaired) electrons. The Morgan fingerprint density at radius 3 is 2.57 bits per heavy atom. The van der Waals surface area contributed by atoms with E-state index in [0.29, 0.717) is 12.1 Å². The average Bonchev–Trinajstić information content (AvgIpc) is 2.47. The van der Waals surface area contributed by atoms with Crippen LogP contribution in [-0.2, 0) is 0 Å². The van der Waals surface area contributed by atoms with E-state index in [1.165, 1.54) is 6.07 Å². The van der Waals surface area contributed by atoms with Crippen molar-refractivity contribution in [1.82, 2.24) is 5.32 Å². The molecule has 0 aliphatic carbocycles. The van der Waals surface area contributed by atoms with Crippen LogP contribution in [0.1, 0.15) is 52.9 Å². The monoisotopic (exact) mass is 322 g/mol. The summed E-state index contributed by atoms with van der Waals surface area (Å²) in [7, 11) is 0. The zero-order valence-electron chi connectivity index (χ0n) is 14.7. The molecular weight excluding hydrogens is 291 g/mol. The molecule has 1 atom stereocenters. The Kier molecular flexibility index (Phi) is 6.42. The molecule has 1 aliphatic heterocycles. The second-order valence-corrected chi connectivity index (χ2v) is 7.49. The number of para-hydroxylation sites is 1. The SMILES string of the molecule is CC(CCCC(C)(C)O)NC1CCN(c2ccccc2F)CC1. The van der Waals surface area contributed by atoms with E-state index >= 15 is 0 Å². The highest BCUT2D eigenvalue weighted by molar-refractivity contribution is 5.47. The van der Waals surface area contributed by atoms with Crippen LogP contribution in [0.4, 0.5) is 10.1 Å². The van der Waals surface area contributed by atoms with Crippen molar-refractivity contribution in [3.8, 4) is 0 Å². The van der Waals surface area contributed by atoms with Crippen LogP contribution in [0.5, 0.6) is 0 Å². The quantitative estimate of drug-likeness (QED) is 0.803. The molecule has 3 nitrogen and oxygen atoms in total. The van der Waals surface area contributed by atoms with Gasteiger partial charge in [0.2, 0.25) is 0 Å². The van der Waals surface area contributed by atoms with Gasteiger partial charge in [-0.05, 0) is 65.0 Å². The zero-order chi connectivity index (χ0) is 16.9. The zero-order valence-corrected chi connectivity index (χ0v) is 14.7. The predicted octanol–water partition coefficient (Wildman–Crippen LogP) is 3.71. The molecule has 1 fully saturated rings. The van der Waals surface area contributed by atoms with Crippen LogP contribution in [0, 0.1) is 5.82 Å². The van der Waals surface area contributed by atoms with Crippen molar-refractivity contribution in [2.45, 2.75) is 70.6 Å². The Morgan fingerprint density at radius 2 is 1.96 bits per heavy atom. The third-order valence-electron chi connectivity index (χ3n) is 4.63. The van der Waals surface area contributed by atoms with Gasteiger partial charge in [0, 0.05) is 25.2 Å². The highest BCUT2D eigenvalue weighted by atomic mass is 19.1. The lowest BCUT2D eigenvalue weighted by molar-refractivity contribution is 0.0673. The first-order valence-corrected chi connectivity index (χ1v) is 8.83. The second kappa shape index (κ2) is 8.11. The largest absolute Gasteiger partial charge is 0.390 e. The Morgan fingerprint density at radius 1 is 1.30 bits per heavy atom. The van der Waals surface area contributed by atoms with Gasteiger partial charge in [0.05, 0.1) is 11.3 Å². The molecule has 1 aliphatic rings. The molecule has 4 heteroatoms. The van der Waals surface area contributed by atoms with Crippen molar-refractivity contribution >= 4 is 5.69 Å². The summed E-state index contributed by atoms with van der Waals surface area (Å²) in [6.45, 7) is 7.74. The molecule has 1 saturated heterocycles. The minimum atomic E-state index is -0.565. The third kappa shape index (κ3) is 6.11. The molecule has 2 N–H and O–H groups in total. The summed E-state index contributed by atoms with van der Waals surface area (Å²) >= 11 is 0. The molecular formula is C19H31FN2O. The minimum absolute atomic E-state index is 0.126. The first-order valence-electron chi connectivity index (χ1n) is 8.83. The van der Waals surface area contributed by atoms with E-state index in [0.717, 1.165) is 50.9 Å². The van der Waals surface area contributed by atoms with Crippen LogP contribution in [0.3, 0.4) is 0 Å². The molecule has 23 heavy (non-hydrogen) atoms. The van der Waals surface area contributed by atoms with E-state index in [2.05, 4.69) is 17.1 Å². The minimum Gasteiger partial charge on any atom is -0.390 e. The standard InChI is InChI=1S/C19H31FN2O/c1-15(7-6-12-19(2,3)23)21-16-10-13-22(14-11-16)18-9-5-4-8-17(18)20/h4-5,8-9,15-16,21,23H,6-7,10-14H2,1-3H3. The normalized spacial score (nSPS) is 18.2. The maximum Gasteiger partial charge on any atom is 0.146 e. The number of hydrogen-bond acceptors (Lipinski definition) is 3. The lowest BCUT2D eigenvalue weighted by Gasteiger charge is -2.35. The van der Waals surface area contributed by atoms with Gasteiger partial charge in [-0.3, -0.25) is 0 Å². The fourth-order valence-corrected chi connectivity index (χ4v) is 3.32. The van der Waals surface area contributed by atoms with Crippen molar-refractivity contribution in [3.05, 3.63) is 30.1 Å². The van der Waals surface area contributed by atoms with Gasteiger partial charge in [0.1, 0.15) is 5.82 Å². The van der Waals surface area contributed by atoms with Gasteiger partial charge in [-0.2, -0.15) is 0 Å². The Labute approximate surface area is 139 Å². The molecule has 0 spiro atoms. The van der Waals surface area contributed by atoms with Gasteiger partial charge in [-0.25, -0.2) is 4.39 Å². The number of anilines is 1. The number of benzene rings is 1. The Hall–Kier alpha value is -1.13. The number of rotatable bonds is 7. The van der Waals surface area contributed by atoms with E-state index in [1.807, 2.05) is 26.0 Å². The molecule has 1 aromatic carbocycles. The number of piperidine rings is 1.